The normalized spacial score (nSPS) is 17.0. The van der Waals surface area contributed by atoms with Gasteiger partial charge in [0.1, 0.15) is 11.9 Å². The molecule has 0 bridgehead atoms. The van der Waals surface area contributed by atoms with Gasteiger partial charge in [-0.3, -0.25) is 9.89 Å². The van der Waals surface area contributed by atoms with E-state index in [0.29, 0.717) is 26.2 Å². The van der Waals surface area contributed by atoms with Crippen molar-refractivity contribution in [2.45, 2.75) is 73.1 Å². The molecule has 1 amide bonds. The summed E-state index contributed by atoms with van der Waals surface area (Å²) in [6.07, 6.45) is 12.1. The second-order valence-electron chi connectivity index (χ2n) is 8.97. The van der Waals surface area contributed by atoms with E-state index in [0.717, 1.165) is 23.0 Å². The van der Waals surface area contributed by atoms with E-state index in [1.165, 1.54) is 37.2 Å². The van der Waals surface area contributed by atoms with Crippen LogP contribution in [0.5, 0.6) is 0 Å². The second kappa shape index (κ2) is 21.2. The maximum absolute atomic E-state index is 12.4. The van der Waals surface area contributed by atoms with Crippen LogP contribution in [0.2, 0.25) is 0 Å². The number of nitrogens with one attached hydrogen (secondary N) is 4. The fourth-order valence-corrected chi connectivity index (χ4v) is 3.96. The van der Waals surface area contributed by atoms with Crippen LogP contribution in [0.3, 0.4) is 0 Å². The topological polar surface area (TPSA) is 147 Å². The number of nitrogens with zero attached hydrogens (tertiary/aromatic N) is 6. The molecule has 1 unspecified atom stereocenters. The quantitative estimate of drug-likeness (QED) is 0.309. The lowest BCUT2D eigenvalue weighted by Crippen LogP contribution is -2.46. The number of amides is 1. The van der Waals surface area contributed by atoms with E-state index in [-0.39, 0.29) is 13.3 Å². The van der Waals surface area contributed by atoms with E-state index in [9.17, 15) is 18.0 Å². The molecule has 6 rings (SSSR count). The molecule has 11 nitrogen and oxygen atoms in total. The first-order chi connectivity index (χ1) is 21.8. The summed E-state index contributed by atoms with van der Waals surface area (Å²) in [7, 11) is 0. The number of hydrogen-bond acceptors (Lipinski definition) is 9. The molecule has 4 N–H and O–H groups in total. The van der Waals surface area contributed by atoms with Gasteiger partial charge < -0.3 is 20.9 Å². The molecule has 45 heavy (non-hydrogen) atoms. The highest BCUT2D eigenvalue weighted by Crippen LogP contribution is 2.26. The first-order valence-corrected chi connectivity index (χ1v) is 15.1. The number of fused-ring (bicyclic) bond motifs is 1. The Morgan fingerprint density at radius 3 is 2.36 bits per heavy atom. The molecule has 0 spiro atoms. The molecule has 0 aromatic carbocycles. The zero-order valence-electron chi connectivity index (χ0n) is 26.9. The third kappa shape index (κ3) is 12.6. The highest BCUT2D eigenvalue weighted by molar-refractivity contribution is 5.92. The number of piperazine rings is 1. The zero-order chi connectivity index (χ0) is 33.7. The first-order valence-electron chi connectivity index (χ1n) is 15.1. The van der Waals surface area contributed by atoms with E-state index in [2.05, 4.69) is 54.1 Å². The number of alkyl halides is 3. The van der Waals surface area contributed by atoms with Gasteiger partial charge in [-0.25, -0.2) is 15.0 Å². The maximum atomic E-state index is 12.4. The van der Waals surface area contributed by atoms with Gasteiger partial charge in [0.15, 0.2) is 0 Å². The Hall–Kier alpha value is -4.51. The third-order valence-electron chi connectivity index (χ3n) is 6.26. The number of carbonyl (C=O) groups is 1. The lowest BCUT2D eigenvalue weighted by atomic mass is 9.93. The van der Waals surface area contributed by atoms with Crippen LogP contribution in [-0.2, 0) is 6.18 Å². The highest BCUT2D eigenvalue weighted by atomic mass is 19.4. The number of aromatic nitrogens is 4. The SMILES string of the molecule is C1=CC2=C(c3cn[nH]c3)NC=NC2N1.CC.CC.CC#N.CC=C1CCC1.O=C(c1ccnc(C(F)(F)F)n1)N1CCNCC1.[HH]. The van der Waals surface area contributed by atoms with Crippen LogP contribution in [0.15, 0.2) is 59.1 Å². The van der Waals surface area contributed by atoms with Crippen molar-refractivity contribution in [3.8, 4) is 6.07 Å². The Labute approximate surface area is 265 Å². The predicted molar refractivity (Wildman–Crippen MR) is 173 cm³/mol. The van der Waals surface area contributed by atoms with Gasteiger partial charge in [0.2, 0.25) is 5.82 Å². The third-order valence-corrected chi connectivity index (χ3v) is 6.26. The van der Waals surface area contributed by atoms with Crippen molar-refractivity contribution in [3.63, 3.8) is 0 Å². The van der Waals surface area contributed by atoms with E-state index >= 15 is 0 Å². The van der Waals surface area contributed by atoms with Crippen LogP contribution in [0.4, 0.5) is 13.2 Å². The number of allylic oxidation sites excluding steroid dienone is 2. The number of carbonyl (C=O) groups excluding carboxylic acids is 1. The average molecular weight is 633 g/mol. The average Bonchev–Trinajstić information content (AvgIpc) is 3.76. The molecule has 1 atom stereocenters. The smallest absolute Gasteiger partial charge is 0.366 e. The van der Waals surface area contributed by atoms with Gasteiger partial charge in [-0.05, 0) is 44.5 Å². The molecule has 5 heterocycles. The number of H-pyrrole nitrogens is 1. The first kappa shape index (κ1) is 38.5. The Bertz CT molecular complexity index is 1310. The molecule has 4 aliphatic rings. The minimum Gasteiger partial charge on any atom is -0.366 e. The molecule has 0 radical (unpaired) electrons. The van der Waals surface area contributed by atoms with Crippen LogP contribution in [-0.4, -0.2) is 69.7 Å². The molecule has 1 saturated heterocycles. The molecule has 2 fully saturated rings. The minimum atomic E-state index is -4.64. The lowest BCUT2D eigenvalue weighted by Gasteiger charge is -2.27. The fraction of sp³-hybridized carbons (Fsp3) is 0.484. The molecule has 2 aromatic heterocycles. The van der Waals surface area contributed by atoms with Crippen molar-refractivity contribution in [2.75, 3.05) is 26.2 Å². The zero-order valence-corrected chi connectivity index (χ0v) is 26.9. The molecule has 1 saturated carbocycles. The Kier molecular flexibility index (Phi) is 18.2. The predicted octanol–water partition coefficient (Wildman–Crippen LogP) is 5.68. The van der Waals surface area contributed by atoms with E-state index in [4.69, 9.17) is 5.26 Å². The Morgan fingerprint density at radius 2 is 1.84 bits per heavy atom. The van der Waals surface area contributed by atoms with Gasteiger partial charge in [0.05, 0.1) is 24.3 Å². The van der Waals surface area contributed by atoms with E-state index in [1.54, 1.807) is 24.2 Å². The number of aromatic amines is 1. The van der Waals surface area contributed by atoms with Gasteiger partial charge in [-0.1, -0.05) is 39.3 Å². The largest absolute Gasteiger partial charge is 0.451 e. The molecule has 14 heteroatoms. The summed E-state index contributed by atoms with van der Waals surface area (Å²) in [5.74, 6) is -1.78. The Morgan fingerprint density at radius 1 is 1.18 bits per heavy atom. The number of hydrogen-bond donors (Lipinski definition) is 4. The maximum Gasteiger partial charge on any atom is 0.451 e. The molecular weight excluding hydrogens is 585 g/mol. The monoisotopic (exact) mass is 632 g/mol. The van der Waals surface area contributed by atoms with Crippen LogP contribution in [0.25, 0.3) is 5.70 Å². The van der Waals surface area contributed by atoms with Gasteiger partial charge in [-0.2, -0.15) is 23.5 Å². The molecule has 3 aliphatic heterocycles. The summed E-state index contributed by atoms with van der Waals surface area (Å²) < 4.78 is 37.2. The van der Waals surface area contributed by atoms with Crippen molar-refractivity contribution in [2.24, 2.45) is 4.99 Å². The number of aliphatic imine (C=N–C) groups is 1. The fourth-order valence-electron chi connectivity index (χ4n) is 3.96. The molecule has 2 aromatic rings. The van der Waals surface area contributed by atoms with Crippen molar-refractivity contribution >= 4 is 17.9 Å². The van der Waals surface area contributed by atoms with Crippen LogP contribution in [0, 0.1) is 11.3 Å². The van der Waals surface area contributed by atoms with E-state index in [1.807, 2.05) is 46.2 Å². The van der Waals surface area contributed by atoms with Crippen molar-refractivity contribution in [1.29, 1.82) is 5.26 Å². The van der Waals surface area contributed by atoms with Crippen LogP contribution < -0.4 is 16.0 Å². The van der Waals surface area contributed by atoms with Gasteiger partial charge in [0, 0.05) is 58.1 Å². The standard InChI is InChI=1S/C10H11F3N4O.C9H9N5.C6H10.C2H3N.2C2H6.H2/c11-10(12,13)9-15-2-1-7(16-9)8(18)17-5-3-14-4-6-17;1-2-10-9-7(1)8(11-5-12-9)6-3-13-14-4-6;1-2-6-4-3-5-6;1-2-3;2*1-2;/h1-2,14H,3-6H2;1-5,9-10H,(H,11,12)(H,13,14);2H,3-5H2,1H3;1H3;2*1-2H3;1H. The number of nitriles is 1. The summed E-state index contributed by atoms with van der Waals surface area (Å²) in [5.41, 5.74) is 4.67. The van der Waals surface area contributed by atoms with Crippen LogP contribution >= 0.6 is 0 Å². The second-order valence-corrected chi connectivity index (χ2v) is 8.97. The summed E-state index contributed by atoms with van der Waals surface area (Å²) in [6, 6.07) is 2.94. The lowest BCUT2D eigenvalue weighted by molar-refractivity contribution is -0.145. The van der Waals surface area contributed by atoms with Crippen molar-refractivity contribution in [1.82, 2.24) is 41.0 Å². The molecular formula is C31H47F3N10O. The van der Waals surface area contributed by atoms with Crippen molar-refractivity contribution < 1.29 is 19.4 Å². The highest BCUT2D eigenvalue weighted by Gasteiger charge is 2.35. The van der Waals surface area contributed by atoms with E-state index < -0.39 is 17.9 Å². The summed E-state index contributed by atoms with van der Waals surface area (Å²) in [4.78, 5) is 24.0. The number of halogens is 3. The summed E-state index contributed by atoms with van der Waals surface area (Å²) in [5, 5.41) is 23.4. The van der Waals surface area contributed by atoms with Gasteiger partial charge in [0.25, 0.3) is 5.91 Å². The van der Waals surface area contributed by atoms with Gasteiger partial charge >= 0.3 is 6.18 Å². The van der Waals surface area contributed by atoms with Crippen molar-refractivity contribution in [3.05, 3.63) is 71.2 Å². The Balaban J connectivity index is 0.000000639. The molecule has 248 valence electrons. The van der Waals surface area contributed by atoms with Gasteiger partial charge in [-0.15, -0.1) is 0 Å². The summed E-state index contributed by atoms with van der Waals surface area (Å²) >= 11 is 0. The van der Waals surface area contributed by atoms with Crippen LogP contribution in [0.1, 0.15) is 84.1 Å². The minimum absolute atomic E-state index is 0. The summed E-state index contributed by atoms with van der Waals surface area (Å²) in [6.45, 7) is 13.7. The number of rotatable bonds is 2. The molecule has 1 aliphatic carbocycles.